The Hall–Kier alpha value is -3.97. The second kappa shape index (κ2) is 14.0. The van der Waals surface area contributed by atoms with Gasteiger partial charge in [0.2, 0.25) is 21.8 Å². The molecule has 0 unspecified atom stereocenters. The number of likely N-dealkylation sites (tertiary alicyclic amines) is 1. The molecule has 3 amide bonds. The maximum absolute atomic E-state index is 13.4. The standard InChI is InChI=1S/C32H42N4O8S/c1-21-10-16-24(17-11-21)45(41,42)36-19-7-9-27(36)29(38)34-25(30(39)43-5)20-22-12-14-23(15-13-22)33-28(37)26-8-6-18-35(26)31(40)44-32(2,3)4/h10-17,25-27H,6-9,18-20H2,1-5H3,(H,33,37)(H,34,38)/t25-,26-,27-/m0/s1. The van der Waals surface area contributed by atoms with Gasteiger partial charge in [-0.2, -0.15) is 4.31 Å². The fourth-order valence-corrected chi connectivity index (χ4v) is 7.16. The Morgan fingerprint density at radius 3 is 2.16 bits per heavy atom. The number of amides is 3. The van der Waals surface area contributed by atoms with E-state index in [9.17, 15) is 27.6 Å². The molecule has 12 nitrogen and oxygen atoms in total. The highest BCUT2D eigenvalue weighted by Gasteiger charge is 2.41. The van der Waals surface area contributed by atoms with E-state index in [1.165, 1.54) is 28.4 Å². The summed E-state index contributed by atoms with van der Waals surface area (Å²) in [6.45, 7) is 7.80. The first-order valence-corrected chi connectivity index (χ1v) is 16.5. The molecule has 2 aromatic rings. The van der Waals surface area contributed by atoms with Crippen molar-refractivity contribution in [1.29, 1.82) is 0 Å². The average molecular weight is 643 g/mol. The first kappa shape index (κ1) is 33.9. The summed E-state index contributed by atoms with van der Waals surface area (Å²) < 4.78 is 38.2. The zero-order chi connectivity index (χ0) is 32.9. The maximum atomic E-state index is 13.4. The molecule has 2 aliphatic rings. The molecule has 0 radical (unpaired) electrons. The second-order valence-electron chi connectivity index (χ2n) is 12.4. The van der Waals surface area contributed by atoms with Gasteiger partial charge >= 0.3 is 12.1 Å². The van der Waals surface area contributed by atoms with Crippen LogP contribution in [0.25, 0.3) is 0 Å². The third-order valence-electron chi connectivity index (χ3n) is 7.78. The molecule has 2 fully saturated rings. The molecule has 0 bridgehead atoms. The van der Waals surface area contributed by atoms with Crippen molar-refractivity contribution in [3.05, 3.63) is 59.7 Å². The van der Waals surface area contributed by atoms with Gasteiger partial charge < -0.3 is 20.1 Å². The number of benzene rings is 2. The lowest BCUT2D eigenvalue weighted by molar-refractivity contribution is -0.145. The number of esters is 1. The van der Waals surface area contributed by atoms with Gasteiger partial charge in [-0.05, 0) is 83.2 Å². The largest absolute Gasteiger partial charge is 0.467 e. The van der Waals surface area contributed by atoms with Crippen molar-refractivity contribution in [2.75, 3.05) is 25.5 Å². The first-order chi connectivity index (χ1) is 21.2. The number of rotatable bonds is 9. The zero-order valence-electron chi connectivity index (χ0n) is 26.4. The molecule has 2 saturated heterocycles. The Bertz CT molecular complexity index is 1500. The summed E-state index contributed by atoms with van der Waals surface area (Å²) in [5.41, 5.74) is 1.42. The van der Waals surface area contributed by atoms with E-state index in [0.29, 0.717) is 43.5 Å². The molecule has 2 N–H and O–H groups in total. The van der Waals surface area contributed by atoms with E-state index in [2.05, 4.69) is 10.6 Å². The van der Waals surface area contributed by atoms with Gasteiger partial charge in [-0.3, -0.25) is 14.5 Å². The lowest BCUT2D eigenvalue weighted by atomic mass is 10.0. The second-order valence-corrected chi connectivity index (χ2v) is 14.3. The van der Waals surface area contributed by atoms with E-state index < -0.39 is 51.7 Å². The lowest BCUT2D eigenvalue weighted by Gasteiger charge is -2.28. The smallest absolute Gasteiger partial charge is 0.410 e. The molecule has 2 aromatic carbocycles. The van der Waals surface area contributed by atoms with Crippen LogP contribution in [0.2, 0.25) is 0 Å². The number of hydrogen-bond donors (Lipinski definition) is 2. The summed E-state index contributed by atoms with van der Waals surface area (Å²) in [4.78, 5) is 53.2. The van der Waals surface area contributed by atoms with Gasteiger partial charge in [-0.15, -0.1) is 0 Å². The molecule has 0 saturated carbocycles. The first-order valence-electron chi connectivity index (χ1n) is 15.1. The van der Waals surface area contributed by atoms with Gasteiger partial charge in [0.15, 0.2) is 0 Å². The van der Waals surface area contributed by atoms with Crippen LogP contribution in [0.4, 0.5) is 10.5 Å². The minimum absolute atomic E-state index is 0.0825. The van der Waals surface area contributed by atoms with Crippen molar-refractivity contribution in [3.63, 3.8) is 0 Å². The number of carbonyl (C=O) groups is 4. The van der Waals surface area contributed by atoms with E-state index in [4.69, 9.17) is 9.47 Å². The van der Waals surface area contributed by atoms with Gasteiger partial charge in [0.1, 0.15) is 23.7 Å². The fourth-order valence-electron chi connectivity index (χ4n) is 5.50. The van der Waals surface area contributed by atoms with Crippen LogP contribution in [0.1, 0.15) is 57.6 Å². The monoisotopic (exact) mass is 642 g/mol. The molecular formula is C32H42N4O8S. The summed E-state index contributed by atoms with van der Waals surface area (Å²) in [7, 11) is -2.70. The van der Waals surface area contributed by atoms with E-state index in [1.54, 1.807) is 57.2 Å². The van der Waals surface area contributed by atoms with Crippen molar-refractivity contribution < 1.29 is 37.1 Å². The molecule has 3 atom stereocenters. The SMILES string of the molecule is COC(=O)[C@H](Cc1ccc(NC(=O)[C@@H]2CCCN2C(=O)OC(C)(C)C)cc1)NC(=O)[C@@H]1CCCN1S(=O)(=O)c1ccc(C)cc1. The Balaban J connectivity index is 1.39. The van der Waals surface area contributed by atoms with Crippen molar-refractivity contribution >= 4 is 39.6 Å². The molecule has 244 valence electrons. The highest BCUT2D eigenvalue weighted by Crippen LogP contribution is 2.27. The van der Waals surface area contributed by atoms with Crippen LogP contribution in [-0.4, -0.2) is 85.4 Å². The molecular weight excluding hydrogens is 600 g/mol. The number of nitrogens with zero attached hydrogens (tertiary/aromatic N) is 2. The normalized spacial score (nSPS) is 19.5. The van der Waals surface area contributed by atoms with Gasteiger partial charge in [0.25, 0.3) is 0 Å². The number of carbonyl (C=O) groups excluding carboxylic acids is 4. The maximum Gasteiger partial charge on any atom is 0.410 e. The predicted octanol–water partition coefficient (Wildman–Crippen LogP) is 3.39. The summed E-state index contributed by atoms with van der Waals surface area (Å²) in [6.07, 6.45) is 1.60. The van der Waals surface area contributed by atoms with E-state index >= 15 is 0 Å². The van der Waals surface area contributed by atoms with Crippen molar-refractivity contribution in [3.8, 4) is 0 Å². The van der Waals surface area contributed by atoms with Crippen LogP contribution in [0, 0.1) is 6.92 Å². The van der Waals surface area contributed by atoms with Crippen LogP contribution in [0.5, 0.6) is 0 Å². The van der Waals surface area contributed by atoms with Crippen molar-refractivity contribution in [1.82, 2.24) is 14.5 Å². The van der Waals surface area contributed by atoms with Crippen LogP contribution >= 0.6 is 0 Å². The molecule has 45 heavy (non-hydrogen) atoms. The molecule has 4 rings (SSSR count). The highest BCUT2D eigenvalue weighted by molar-refractivity contribution is 7.89. The number of anilines is 1. The van der Waals surface area contributed by atoms with Gasteiger partial charge in [-0.25, -0.2) is 18.0 Å². The topological polar surface area (TPSA) is 151 Å². The Morgan fingerprint density at radius 2 is 1.53 bits per heavy atom. The fraction of sp³-hybridized carbons (Fsp3) is 0.500. The summed E-state index contributed by atoms with van der Waals surface area (Å²) in [5.74, 6) is -1.57. The van der Waals surface area contributed by atoms with Crippen LogP contribution in [0.3, 0.4) is 0 Å². The van der Waals surface area contributed by atoms with Crippen LogP contribution in [0.15, 0.2) is 53.4 Å². The highest BCUT2D eigenvalue weighted by atomic mass is 32.2. The van der Waals surface area contributed by atoms with Gasteiger partial charge in [0.05, 0.1) is 12.0 Å². The van der Waals surface area contributed by atoms with E-state index in [-0.39, 0.29) is 23.8 Å². The number of nitrogens with one attached hydrogen (secondary N) is 2. The molecule has 2 aliphatic heterocycles. The Kier molecular flexibility index (Phi) is 10.5. The van der Waals surface area contributed by atoms with Crippen molar-refractivity contribution in [2.45, 2.75) is 88.4 Å². The number of ether oxygens (including phenoxy) is 2. The van der Waals surface area contributed by atoms with Crippen LogP contribution < -0.4 is 10.6 Å². The Labute approximate surface area is 264 Å². The summed E-state index contributed by atoms with van der Waals surface area (Å²) >= 11 is 0. The molecule has 0 aromatic heterocycles. The third-order valence-corrected chi connectivity index (χ3v) is 9.70. The molecule has 0 spiro atoms. The third kappa shape index (κ3) is 8.40. The molecule has 2 heterocycles. The van der Waals surface area contributed by atoms with Gasteiger partial charge in [-0.1, -0.05) is 29.8 Å². The summed E-state index contributed by atoms with van der Waals surface area (Å²) in [5, 5.41) is 5.54. The zero-order valence-corrected chi connectivity index (χ0v) is 27.2. The minimum Gasteiger partial charge on any atom is -0.467 e. The average Bonchev–Trinajstić information content (AvgIpc) is 3.68. The van der Waals surface area contributed by atoms with E-state index in [1.807, 2.05) is 6.92 Å². The minimum atomic E-state index is -3.91. The predicted molar refractivity (Wildman–Crippen MR) is 167 cm³/mol. The number of methoxy groups -OCH3 is 1. The quantitative estimate of drug-likeness (QED) is 0.395. The Morgan fingerprint density at radius 1 is 0.911 bits per heavy atom. The van der Waals surface area contributed by atoms with Crippen LogP contribution in [-0.2, 0) is 40.3 Å². The number of hydrogen-bond acceptors (Lipinski definition) is 8. The van der Waals surface area contributed by atoms with Gasteiger partial charge in [0, 0.05) is 25.2 Å². The van der Waals surface area contributed by atoms with E-state index in [0.717, 1.165) is 5.56 Å². The lowest BCUT2D eigenvalue weighted by Crippen LogP contribution is -2.51. The number of aryl methyl sites for hydroxylation is 1. The summed E-state index contributed by atoms with van der Waals surface area (Å²) in [6, 6.07) is 10.5. The van der Waals surface area contributed by atoms with Crippen molar-refractivity contribution in [2.24, 2.45) is 0 Å². The molecule has 13 heteroatoms. The molecule has 0 aliphatic carbocycles. The number of sulfonamides is 1.